The first-order valence-electron chi connectivity index (χ1n) is 9.68. The molecule has 0 radical (unpaired) electrons. The molecule has 1 aromatic heterocycles. The summed E-state index contributed by atoms with van der Waals surface area (Å²) in [4.78, 5) is 0. The molecule has 0 bridgehead atoms. The van der Waals surface area contributed by atoms with E-state index in [-0.39, 0.29) is 11.9 Å². The minimum Gasteiger partial charge on any atom is -0.490 e. The summed E-state index contributed by atoms with van der Waals surface area (Å²) in [6.45, 7) is 5.88. The fraction of sp³-hybridized carbons (Fsp3) is 0.455. The fourth-order valence-electron chi connectivity index (χ4n) is 4.05. The van der Waals surface area contributed by atoms with E-state index in [1.165, 1.54) is 49.1 Å². The van der Waals surface area contributed by atoms with Gasteiger partial charge in [0.1, 0.15) is 28.8 Å². The second-order valence-corrected chi connectivity index (χ2v) is 7.86. The minimum atomic E-state index is -0.278. The minimum absolute atomic E-state index is 0.266. The van der Waals surface area contributed by atoms with Crippen LogP contribution in [0.1, 0.15) is 32.6 Å². The molecule has 0 aliphatic carbocycles. The number of halogens is 1. The zero-order valence-electron chi connectivity index (χ0n) is 15.6. The van der Waals surface area contributed by atoms with E-state index in [4.69, 9.17) is 9.15 Å². The van der Waals surface area contributed by atoms with Gasteiger partial charge in [-0.25, -0.2) is 4.39 Å². The van der Waals surface area contributed by atoms with E-state index in [0.29, 0.717) is 5.58 Å². The Morgan fingerprint density at radius 2 is 1.77 bits per heavy atom. The Bertz CT molecular complexity index is 909. The summed E-state index contributed by atoms with van der Waals surface area (Å²) in [6, 6.07) is 10.6. The summed E-state index contributed by atoms with van der Waals surface area (Å²) < 4.78 is 26.6. The van der Waals surface area contributed by atoms with E-state index in [0.717, 1.165) is 34.9 Å². The van der Waals surface area contributed by atoms with Crippen LogP contribution in [0.15, 0.2) is 40.8 Å². The molecule has 2 heterocycles. The lowest BCUT2D eigenvalue weighted by Crippen LogP contribution is -2.52. The van der Waals surface area contributed by atoms with Crippen LogP contribution in [0.3, 0.4) is 0 Å². The normalized spacial score (nSPS) is 23.6. The molecule has 26 heavy (non-hydrogen) atoms. The highest BCUT2D eigenvalue weighted by atomic mass is 19.1. The molecule has 0 unspecified atom stereocenters. The summed E-state index contributed by atoms with van der Waals surface area (Å²) in [5.74, 6) is 0.561. The number of furan rings is 1. The average molecular weight is 356 g/mol. The van der Waals surface area contributed by atoms with Crippen molar-refractivity contribution in [3.05, 3.63) is 42.2 Å². The summed E-state index contributed by atoms with van der Waals surface area (Å²) in [5.41, 5.74) is 1.33. The Balaban J connectivity index is 1.47. The van der Waals surface area contributed by atoms with Gasteiger partial charge in [-0.3, -0.25) is 0 Å². The third-order valence-corrected chi connectivity index (χ3v) is 5.74. The van der Waals surface area contributed by atoms with Crippen molar-refractivity contribution in [1.82, 2.24) is 0 Å². The lowest BCUT2D eigenvalue weighted by molar-refractivity contribution is -0.915. The Labute approximate surface area is 153 Å². The van der Waals surface area contributed by atoms with Gasteiger partial charge in [0.15, 0.2) is 0 Å². The first-order valence-corrected chi connectivity index (χ1v) is 9.68. The van der Waals surface area contributed by atoms with Crippen LogP contribution in [-0.2, 0) is 0 Å². The molecule has 0 N–H and O–H groups in total. The highest BCUT2D eigenvalue weighted by molar-refractivity contribution is 6.05. The lowest BCUT2D eigenvalue weighted by atomic mass is 10.0. The number of benzene rings is 2. The van der Waals surface area contributed by atoms with E-state index in [9.17, 15) is 4.39 Å². The van der Waals surface area contributed by atoms with E-state index in [2.05, 4.69) is 14.0 Å². The first-order chi connectivity index (χ1) is 12.6. The smallest absolute Gasteiger partial charge is 0.139 e. The standard InChI is InChI=1S/C22H27FNO2/c1-3-4-11-24(2)12-9-17(10-13-24)25-18-6-8-20-19-7-5-16(23)14-21(19)26-22(20)15-18/h5-8,14-15,17H,3-4,9-13H2,1-2H3/q+1. The van der Waals surface area contributed by atoms with E-state index >= 15 is 0 Å². The third-order valence-electron chi connectivity index (χ3n) is 5.74. The molecule has 4 heteroatoms. The molecule has 0 saturated carbocycles. The third kappa shape index (κ3) is 3.43. The van der Waals surface area contributed by atoms with Crippen molar-refractivity contribution in [2.45, 2.75) is 38.7 Å². The molecule has 4 rings (SSSR count). The number of fused-ring (bicyclic) bond motifs is 3. The molecule has 0 amide bonds. The van der Waals surface area contributed by atoms with Crippen LogP contribution in [0.25, 0.3) is 21.9 Å². The van der Waals surface area contributed by atoms with Crippen molar-refractivity contribution in [3.8, 4) is 5.75 Å². The van der Waals surface area contributed by atoms with Crippen LogP contribution in [0.5, 0.6) is 5.75 Å². The predicted molar refractivity (Wildman–Crippen MR) is 103 cm³/mol. The largest absolute Gasteiger partial charge is 0.490 e. The molecule has 0 spiro atoms. The SMILES string of the molecule is CCCC[N+]1(C)CCC(Oc2ccc3c(c2)oc2cc(F)ccc23)CC1. The molecule has 2 aromatic carbocycles. The van der Waals surface area contributed by atoms with E-state index in [1.54, 1.807) is 6.07 Å². The average Bonchev–Trinajstić information content (AvgIpc) is 2.98. The van der Waals surface area contributed by atoms with Gasteiger partial charge in [0.2, 0.25) is 0 Å². The molecule has 1 aliphatic heterocycles. The van der Waals surface area contributed by atoms with Crippen molar-refractivity contribution in [2.75, 3.05) is 26.7 Å². The molecule has 0 atom stereocenters. The van der Waals surface area contributed by atoms with Crippen molar-refractivity contribution in [2.24, 2.45) is 0 Å². The van der Waals surface area contributed by atoms with Gasteiger partial charge in [-0.2, -0.15) is 0 Å². The zero-order valence-corrected chi connectivity index (χ0v) is 15.6. The van der Waals surface area contributed by atoms with Crippen LogP contribution in [0.4, 0.5) is 4.39 Å². The van der Waals surface area contributed by atoms with Crippen molar-refractivity contribution < 1.29 is 18.0 Å². The lowest BCUT2D eigenvalue weighted by Gasteiger charge is -2.40. The van der Waals surface area contributed by atoms with Gasteiger partial charge < -0.3 is 13.6 Å². The Morgan fingerprint density at radius 3 is 2.50 bits per heavy atom. The number of nitrogens with zero attached hydrogens (tertiary/aromatic N) is 1. The molecule has 1 fully saturated rings. The van der Waals surface area contributed by atoms with Crippen LogP contribution < -0.4 is 4.74 Å². The Kier molecular flexibility index (Phi) is 4.62. The number of unbranched alkanes of at least 4 members (excludes halogenated alkanes) is 1. The van der Waals surface area contributed by atoms with Gasteiger partial charge in [0, 0.05) is 35.7 Å². The predicted octanol–water partition coefficient (Wildman–Crippen LogP) is 5.51. The van der Waals surface area contributed by atoms with Crippen molar-refractivity contribution in [3.63, 3.8) is 0 Å². The maximum absolute atomic E-state index is 13.4. The maximum atomic E-state index is 13.4. The number of rotatable bonds is 5. The second kappa shape index (κ2) is 6.92. The van der Waals surface area contributed by atoms with Gasteiger partial charge in [-0.05, 0) is 30.7 Å². The summed E-state index contributed by atoms with van der Waals surface area (Å²) >= 11 is 0. The highest BCUT2D eigenvalue weighted by Crippen LogP contribution is 2.32. The first kappa shape index (κ1) is 17.3. The quantitative estimate of drug-likeness (QED) is 0.562. The molecular weight excluding hydrogens is 329 g/mol. The topological polar surface area (TPSA) is 22.4 Å². The molecule has 3 nitrogen and oxygen atoms in total. The van der Waals surface area contributed by atoms with Gasteiger partial charge in [0.25, 0.3) is 0 Å². The number of hydrogen-bond acceptors (Lipinski definition) is 2. The van der Waals surface area contributed by atoms with Crippen LogP contribution >= 0.6 is 0 Å². The summed E-state index contributed by atoms with van der Waals surface area (Å²) in [5, 5.41) is 1.94. The number of likely N-dealkylation sites (tertiary alicyclic amines) is 1. The maximum Gasteiger partial charge on any atom is 0.139 e. The number of hydrogen-bond donors (Lipinski definition) is 0. The van der Waals surface area contributed by atoms with Gasteiger partial charge in [-0.15, -0.1) is 0 Å². The van der Waals surface area contributed by atoms with Crippen LogP contribution in [0, 0.1) is 5.82 Å². The molecular formula is C22H27FNO2+. The van der Waals surface area contributed by atoms with Crippen molar-refractivity contribution >= 4 is 21.9 Å². The van der Waals surface area contributed by atoms with Crippen LogP contribution in [-0.4, -0.2) is 37.3 Å². The van der Waals surface area contributed by atoms with Crippen molar-refractivity contribution in [1.29, 1.82) is 0 Å². The fourth-order valence-corrected chi connectivity index (χ4v) is 4.05. The molecule has 1 aliphatic rings. The summed E-state index contributed by atoms with van der Waals surface area (Å²) in [6.07, 6.45) is 5.00. The molecule has 3 aromatic rings. The number of ether oxygens (including phenoxy) is 1. The number of piperidine rings is 1. The van der Waals surface area contributed by atoms with Gasteiger partial charge in [-0.1, -0.05) is 13.3 Å². The van der Waals surface area contributed by atoms with E-state index in [1.807, 2.05) is 18.2 Å². The molecule has 138 valence electrons. The number of quaternary nitrogens is 1. The van der Waals surface area contributed by atoms with E-state index < -0.39 is 0 Å². The summed E-state index contributed by atoms with van der Waals surface area (Å²) in [7, 11) is 2.37. The second-order valence-electron chi connectivity index (χ2n) is 7.86. The Hall–Kier alpha value is -2.07. The van der Waals surface area contributed by atoms with Gasteiger partial charge in [0.05, 0.1) is 26.7 Å². The molecule has 1 saturated heterocycles. The van der Waals surface area contributed by atoms with Crippen LogP contribution in [0.2, 0.25) is 0 Å². The van der Waals surface area contributed by atoms with Gasteiger partial charge >= 0.3 is 0 Å². The Morgan fingerprint density at radius 1 is 1.08 bits per heavy atom. The monoisotopic (exact) mass is 356 g/mol. The zero-order chi connectivity index (χ0) is 18.1. The highest BCUT2D eigenvalue weighted by Gasteiger charge is 2.30.